The van der Waals surface area contributed by atoms with Gasteiger partial charge in [0.15, 0.2) is 12.4 Å². The Morgan fingerprint density at radius 3 is 2.78 bits per heavy atom. The summed E-state index contributed by atoms with van der Waals surface area (Å²) in [6, 6.07) is 5.46. The Balaban J connectivity index is 2.00. The van der Waals surface area contributed by atoms with Crippen LogP contribution >= 0.6 is 15.9 Å². The van der Waals surface area contributed by atoms with Crippen molar-refractivity contribution in [2.75, 3.05) is 6.61 Å². The number of ketones is 1. The molecule has 0 spiro atoms. The van der Waals surface area contributed by atoms with E-state index in [2.05, 4.69) is 21.2 Å². The van der Waals surface area contributed by atoms with Gasteiger partial charge in [-0.3, -0.25) is 9.59 Å². The molecule has 1 aliphatic rings. The summed E-state index contributed by atoms with van der Waals surface area (Å²) >= 11 is 3.31. The van der Waals surface area contributed by atoms with Crippen LogP contribution in [0.4, 0.5) is 0 Å². The molecular weight excluding hydrogens is 298 g/mol. The Kier molecular flexibility index (Phi) is 4.01. The molecule has 1 amide bonds. The number of halogens is 1. The molecule has 1 aromatic rings. The smallest absolute Gasteiger partial charge is 0.258 e. The Labute approximate surface area is 114 Å². The third kappa shape index (κ3) is 3.57. The summed E-state index contributed by atoms with van der Waals surface area (Å²) in [6.07, 6.45) is 2.09. The van der Waals surface area contributed by atoms with E-state index in [1.165, 1.54) is 6.92 Å². The number of nitrogens with one attached hydrogen (secondary N) is 1. The normalized spacial score (nSPS) is 14.1. The molecule has 1 aromatic carbocycles. The number of amides is 1. The molecule has 1 aliphatic carbocycles. The van der Waals surface area contributed by atoms with E-state index in [4.69, 9.17) is 4.74 Å². The SMILES string of the molecule is CC(=O)c1ccc(Br)cc1OCC(=O)NC1CC1. The van der Waals surface area contributed by atoms with Crippen molar-refractivity contribution in [1.82, 2.24) is 5.32 Å². The fourth-order valence-corrected chi connectivity index (χ4v) is 1.89. The van der Waals surface area contributed by atoms with Gasteiger partial charge in [-0.05, 0) is 38.0 Å². The second-order valence-corrected chi connectivity index (χ2v) is 5.24. The van der Waals surface area contributed by atoms with E-state index >= 15 is 0 Å². The zero-order valence-corrected chi connectivity index (χ0v) is 11.6. The molecule has 0 saturated heterocycles. The van der Waals surface area contributed by atoms with Gasteiger partial charge < -0.3 is 10.1 Å². The van der Waals surface area contributed by atoms with E-state index in [1.807, 2.05) is 0 Å². The van der Waals surface area contributed by atoms with Crippen LogP contribution in [0, 0.1) is 0 Å². The van der Waals surface area contributed by atoms with Crippen molar-refractivity contribution >= 4 is 27.6 Å². The number of carbonyl (C=O) groups is 2. The molecule has 1 N–H and O–H groups in total. The maximum Gasteiger partial charge on any atom is 0.258 e. The van der Waals surface area contributed by atoms with Crippen molar-refractivity contribution in [3.63, 3.8) is 0 Å². The second-order valence-electron chi connectivity index (χ2n) is 4.33. The van der Waals surface area contributed by atoms with Crippen LogP contribution in [0.15, 0.2) is 22.7 Å². The largest absolute Gasteiger partial charge is 0.483 e. The van der Waals surface area contributed by atoms with Gasteiger partial charge >= 0.3 is 0 Å². The summed E-state index contributed by atoms with van der Waals surface area (Å²) in [5.74, 6) is 0.204. The number of rotatable bonds is 5. The first-order valence-electron chi connectivity index (χ1n) is 5.79. The molecule has 18 heavy (non-hydrogen) atoms. The molecule has 96 valence electrons. The Morgan fingerprint density at radius 2 is 2.17 bits per heavy atom. The molecule has 5 heteroatoms. The average Bonchev–Trinajstić information content (AvgIpc) is 3.10. The second kappa shape index (κ2) is 5.52. The zero-order chi connectivity index (χ0) is 13.1. The first-order valence-corrected chi connectivity index (χ1v) is 6.58. The molecule has 0 aliphatic heterocycles. The Morgan fingerprint density at radius 1 is 1.44 bits per heavy atom. The molecule has 1 saturated carbocycles. The van der Waals surface area contributed by atoms with E-state index in [0.29, 0.717) is 17.4 Å². The van der Waals surface area contributed by atoms with E-state index in [9.17, 15) is 9.59 Å². The van der Waals surface area contributed by atoms with Gasteiger partial charge in [-0.25, -0.2) is 0 Å². The Hall–Kier alpha value is -1.36. The van der Waals surface area contributed by atoms with E-state index < -0.39 is 0 Å². The lowest BCUT2D eigenvalue weighted by molar-refractivity contribution is -0.123. The molecule has 0 aromatic heterocycles. The number of hydrogen-bond donors (Lipinski definition) is 1. The highest BCUT2D eigenvalue weighted by molar-refractivity contribution is 9.10. The predicted molar refractivity (Wildman–Crippen MR) is 70.8 cm³/mol. The first-order chi connectivity index (χ1) is 8.56. The minimum Gasteiger partial charge on any atom is -0.483 e. The standard InChI is InChI=1S/C13H14BrNO3/c1-8(16)11-5-2-9(14)6-12(11)18-7-13(17)15-10-3-4-10/h2,5-6,10H,3-4,7H2,1H3,(H,15,17). The van der Waals surface area contributed by atoms with Crippen LogP contribution in [-0.4, -0.2) is 24.3 Å². The van der Waals surface area contributed by atoms with Crippen LogP contribution in [0.3, 0.4) is 0 Å². The number of carbonyl (C=O) groups excluding carboxylic acids is 2. The van der Waals surface area contributed by atoms with Crippen LogP contribution in [0.2, 0.25) is 0 Å². The number of ether oxygens (including phenoxy) is 1. The number of benzene rings is 1. The van der Waals surface area contributed by atoms with Gasteiger partial charge in [0.2, 0.25) is 0 Å². The Bertz CT molecular complexity index is 483. The maximum atomic E-state index is 11.5. The summed E-state index contributed by atoms with van der Waals surface area (Å²) in [6.45, 7) is 1.41. The summed E-state index contributed by atoms with van der Waals surface area (Å²) < 4.78 is 6.22. The highest BCUT2D eigenvalue weighted by atomic mass is 79.9. The summed E-state index contributed by atoms with van der Waals surface area (Å²) in [7, 11) is 0. The molecule has 1 fully saturated rings. The highest BCUT2D eigenvalue weighted by Crippen LogP contribution is 2.24. The van der Waals surface area contributed by atoms with E-state index in [1.54, 1.807) is 18.2 Å². The minimum absolute atomic E-state index is 0.0623. The summed E-state index contributed by atoms with van der Waals surface area (Å²) in [5, 5.41) is 2.83. The van der Waals surface area contributed by atoms with Gasteiger partial charge in [-0.1, -0.05) is 15.9 Å². The van der Waals surface area contributed by atoms with E-state index in [-0.39, 0.29) is 18.3 Å². The van der Waals surface area contributed by atoms with E-state index in [0.717, 1.165) is 17.3 Å². The zero-order valence-electron chi connectivity index (χ0n) is 10.0. The maximum absolute atomic E-state index is 11.5. The third-order valence-corrected chi connectivity index (χ3v) is 3.12. The van der Waals surface area contributed by atoms with Gasteiger partial charge in [0.25, 0.3) is 5.91 Å². The first kappa shape index (κ1) is 13.1. The van der Waals surface area contributed by atoms with Crippen molar-refractivity contribution in [3.05, 3.63) is 28.2 Å². The predicted octanol–water partition coefficient (Wildman–Crippen LogP) is 2.31. The molecule has 0 heterocycles. The van der Waals surface area contributed by atoms with Crippen LogP contribution in [-0.2, 0) is 4.79 Å². The van der Waals surface area contributed by atoms with Crippen LogP contribution in [0.25, 0.3) is 0 Å². The minimum atomic E-state index is -0.146. The molecule has 0 bridgehead atoms. The summed E-state index contributed by atoms with van der Waals surface area (Å²) in [5.41, 5.74) is 0.484. The van der Waals surface area contributed by atoms with Gasteiger partial charge in [-0.15, -0.1) is 0 Å². The lowest BCUT2D eigenvalue weighted by Gasteiger charge is -2.10. The monoisotopic (exact) mass is 311 g/mol. The van der Waals surface area contributed by atoms with Gasteiger partial charge in [0.1, 0.15) is 5.75 Å². The number of hydrogen-bond acceptors (Lipinski definition) is 3. The number of Topliss-reactive ketones (excluding diaryl/α,β-unsaturated/α-hetero) is 1. The average molecular weight is 312 g/mol. The van der Waals surface area contributed by atoms with Gasteiger partial charge in [0, 0.05) is 10.5 Å². The fraction of sp³-hybridized carbons (Fsp3) is 0.385. The van der Waals surface area contributed by atoms with Crippen LogP contribution < -0.4 is 10.1 Å². The molecule has 0 radical (unpaired) electrons. The molecule has 0 atom stereocenters. The highest BCUT2D eigenvalue weighted by Gasteiger charge is 2.23. The van der Waals surface area contributed by atoms with Crippen LogP contribution in [0.5, 0.6) is 5.75 Å². The van der Waals surface area contributed by atoms with Crippen molar-refractivity contribution in [3.8, 4) is 5.75 Å². The van der Waals surface area contributed by atoms with Crippen molar-refractivity contribution < 1.29 is 14.3 Å². The van der Waals surface area contributed by atoms with Crippen LogP contribution in [0.1, 0.15) is 30.1 Å². The van der Waals surface area contributed by atoms with Crippen molar-refractivity contribution in [2.24, 2.45) is 0 Å². The topological polar surface area (TPSA) is 55.4 Å². The summed E-state index contributed by atoms with van der Waals surface area (Å²) in [4.78, 5) is 22.9. The van der Waals surface area contributed by atoms with Gasteiger partial charge in [-0.2, -0.15) is 0 Å². The fourth-order valence-electron chi connectivity index (χ4n) is 1.55. The molecule has 4 nitrogen and oxygen atoms in total. The molecule has 0 unspecified atom stereocenters. The third-order valence-electron chi connectivity index (χ3n) is 2.62. The van der Waals surface area contributed by atoms with Crippen molar-refractivity contribution in [2.45, 2.75) is 25.8 Å². The quantitative estimate of drug-likeness (QED) is 0.849. The molecular formula is C13H14BrNO3. The molecule has 2 rings (SSSR count). The lowest BCUT2D eigenvalue weighted by atomic mass is 10.1. The lowest BCUT2D eigenvalue weighted by Crippen LogP contribution is -2.30. The van der Waals surface area contributed by atoms with Gasteiger partial charge in [0.05, 0.1) is 5.56 Å². The van der Waals surface area contributed by atoms with Crippen molar-refractivity contribution in [1.29, 1.82) is 0 Å².